The number of piperidine rings is 1. The van der Waals surface area contributed by atoms with E-state index in [1.807, 2.05) is 0 Å². The molecule has 2 aliphatic rings. The first-order valence-corrected chi connectivity index (χ1v) is 6.99. The average molecular weight is 241 g/mol. The van der Waals surface area contributed by atoms with Gasteiger partial charge in [-0.1, -0.05) is 0 Å². The van der Waals surface area contributed by atoms with Gasteiger partial charge in [-0.25, -0.2) is 5.11 Å². The van der Waals surface area contributed by atoms with Crippen LogP contribution in [-0.4, -0.2) is 68.9 Å². The smallest absolute Gasteiger partial charge is 0.0851 e. The maximum atomic E-state index is 10.8. The highest BCUT2D eigenvalue weighted by atomic mass is 16.5. The minimum atomic E-state index is 0.127. The van der Waals surface area contributed by atoms with Crippen LogP contribution in [0.3, 0.4) is 0 Å². The SMILES string of the molecule is [O]CC1CCN(CCCN2CCOCC2)CC1. The van der Waals surface area contributed by atoms with Crippen LogP contribution < -0.4 is 0 Å². The van der Waals surface area contributed by atoms with Crippen LogP contribution in [0.5, 0.6) is 0 Å². The zero-order chi connectivity index (χ0) is 11.9. The first-order chi connectivity index (χ1) is 8.38. The topological polar surface area (TPSA) is 35.6 Å². The van der Waals surface area contributed by atoms with Crippen LogP contribution in [0, 0.1) is 5.92 Å². The van der Waals surface area contributed by atoms with Gasteiger partial charge in [0.05, 0.1) is 19.8 Å². The maximum Gasteiger partial charge on any atom is 0.0851 e. The Kier molecular flexibility index (Phi) is 5.71. The second-order valence-corrected chi connectivity index (χ2v) is 5.26. The molecule has 0 amide bonds. The van der Waals surface area contributed by atoms with E-state index in [0.717, 1.165) is 52.2 Å². The molecule has 1 radical (unpaired) electrons. The van der Waals surface area contributed by atoms with Crippen molar-refractivity contribution in [3.8, 4) is 0 Å². The molecule has 2 heterocycles. The lowest BCUT2D eigenvalue weighted by Gasteiger charge is -2.32. The fourth-order valence-electron chi connectivity index (χ4n) is 2.72. The van der Waals surface area contributed by atoms with Gasteiger partial charge >= 0.3 is 0 Å². The van der Waals surface area contributed by atoms with E-state index in [1.54, 1.807) is 0 Å². The minimum absolute atomic E-state index is 0.127. The number of rotatable bonds is 5. The summed E-state index contributed by atoms with van der Waals surface area (Å²) < 4.78 is 5.34. The lowest BCUT2D eigenvalue weighted by atomic mass is 9.98. The fraction of sp³-hybridized carbons (Fsp3) is 1.00. The van der Waals surface area contributed by atoms with Crippen molar-refractivity contribution in [3.05, 3.63) is 0 Å². The van der Waals surface area contributed by atoms with E-state index in [9.17, 15) is 5.11 Å². The summed E-state index contributed by atoms with van der Waals surface area (Å²) in [4.78, 5) is 5.01. The van der Waals surface area contributed by atoms with Crippen molar-refractivity contribution in [3.63, 3.8) is 0 Å². The van der Waals surface area contributed by atoms with Crippen molar-refractivity contribution in [1.29, 1.82) is 0 Å². The lowest BCUT2D eigenvalue weighted by molar-refractivity contribution is 0.0348. The van der Waals surface area contributed by atoms with Crippen molar-refractivity contribution in [2.45, 2.75) is 19.3 Å². The molecule has 0 aromatic rings. The third-order valence-corrected chi connectivity index (χ3v) is 4.00. The summed E-state index contributed by atoms with van der Waals surface area (Å²) >= 11 is 0. The van der Waals surface area contributed by atoms with Crippen LogP contribution in [0.2, 0.25) is 0 Å². The van der Waals surface area contributed by atoms with Gasteiger partial charge in [-0.3, -0.25) is 4.90 Å². The molecule has 0 saturated carbocycles. The fourth-order valence-corrected chi connectivity index (χ4v) is 2.72. The summed E-state index contributed by atoms with van der Waals surface area (Å²) in [6, 6.07) is 0. The molecule has 2 aliphatic heterocycles. The largest absolute Gasteiger partial charge is 0.379 e. The molecule has 0 unspecified atom stereocenters. The molecular formula is C13H25N2O2. The summed E-state index contributed by atoms with van der Waals surface area (Å²) in [5.41, 5.74) is 0. The van der Waals surface area contributed by atoms with Gasteiger partial charge in [0, 0.05) is 13.1 Å². The molecule has 0 aromatic carbocycles. The summed E-state index contributed by atoms with van der Waals surface area (Å²) in [6.45, 7) is 8.78. The molecule has 0 aromatic heterocycles. The van der Waals surface area contributed by atoms with Crippen molar-refractivity contribution in [2.24, 2.45) is 5.92 Å². The number of hydrogen-bond acceptors (Lipinski definition) is 3. The van der Waals surface area contributed by atoms with Gasteiger partial charge in [-0.15, -0.1) is 0 Å². The molecule has 2 rings (SSSR count). The van der Waals surface area contributed by atoms with Gasteiger partial charge in [0.1, 0.15) is 0 Å². The Bertz CT molecular complexity index is 200. The first-order valence-electron chi connectivity index (χ1n) is 6.99. The van der Waals surface area contributed by atoms with Gasteiger partial charge < -0.3 is 9.64 Å². The molecule has 0 atom stereocenters. The van der Waals surface area contributed by atoms with Crippen molar-refractivity contribution in [2.75, 3.05) is 59.1 Å². The van der Waals surface area contributed by atoms with E-state index < -0.39 is 0 Å². The first kappa shape index (κ1) is 13.3. The predicted octanol–water partition coefficient (Wildman–Crippen LogP) is 0.851. The summed E-state index contributed by atoms with van der Waals surface area (Å²) in [7, 11) is 0. The Labute approximate surface area is 105 Å². The maximum absolute atomic E-state index is 10.8. The molecule has 4 heteroatoms. The van der Waals surface area contributed by atoms with E-state index in [-0.39, 0.29) is 6.61 Å². The van der Waals surface area contributed by atoms with Gasteiger partial charge in [0.2, 0.25) is 0 Å². The molecule has 2 saturated heterocycles. The average Bonchev–Trinajstić information content (AvgIpc) is 2.41. The highest BCUT2D eigenvalue weighted by Crippen LogP contribution is 2.16. The molecule has 0 N–H and O–H groups in total. The van der Waals surface area contributed by atoms with Gasteiger partial charge in [-0.2, -0.15) is 0 Å². The Balaban J connectivity index is 1.53. The number of ether oxygens (including phenoxy) is 1. The molecular weight excluding hydrogens is 216 g/mol. The molecule has 4 nitrogen and oxygen atoms in total. The summed E-state index contributed by atoms with van der Waals surface area (Å²) in [5.74, 6) is 0.450. The molecule has 2 fully saturated rings. The minimum Gasteiger partial charge on any atom is -0.379 e. The van der Waals surface area contributed by atoms with Crippen molar-refractivity contribution >= 4 is 0 Å². The highest BCUT2D eigenvalue weighted by molar-refractivity contribution is 4.72. The third-order valence-electron chi connectivity index (χ3n) is 4.00. The summed E-state index contributed by atoms with van der Waals surface area (Å²) in [5, 5.41) is 10.8. The Hall–Kier alpha value is -0.160. The highest BCUT2D eigenvalue weighted by Gasteiger charge is 2.18. The van der Waals surface area contributed by atoms with Crippen LogP contribution >= 0.6 is 0 Å². The second-order valence-electron chi connectivity index (χ2n) is 5.26. The quantitative estimate of drug-likeness (QED) is 0.716. The van der Waals surface area contributed by atoms with E-state index in [4.69, 9.17) is 4.74 Å². The molecule has 99 valence electrons. The number of morpholine rings is 1. The Morgan fingerprint density at radius 3 is 2.12 bits per heavy atom. The number of nitrogens with zero attached hydrogens (tertiary/aromatic N) is 2. The second kappa shape index (κ2) is 7.31. The van der Waals surface area contributed by atoms with Gasteiger partial charge in [0.25, 0.3) is 0 Å². The number of likely N-dealkylation sites (tertiary alicyclic amines) is 1. The van der Waals surface area contributed by atoms with E-state index in [1.165, 1.54) is 19.5 Å². The molecule has 0 bridgehead atoms. The normalized spacial score (nSPS) is 25.2. The summed E-state index contributed by atoms with van der Waals surface area (Å²) in [6.07, 6.45) is 3.48. The third kappa shape index (κ3) is 4.54. The van der Waals surface area contributed by atoms with Crippen molar-refractivity contribution in [1.82, 2.24) is 9.80 Å². The van der Waals surface area contributed by atoms with Crippen LogP contribution in [0.1, 0.15) is 19.3 Å². The lowest BCUT2D eigenvalue weighted by Crippen LogP contribution is -2.39. The monoisotopic (exact) mass is 241 g/mol. The Morgan fingerprint density at radius 2 is 1.53 bits per heavy atom. The van der Waals surface area contributed by atoms with Crippen LogP contribution in [-0.2, 0) is 9.84 Å². The van der Waals surface area contributed by atoms with Crippen molar-refractivity contribution < 1.29 is 9.84 Å². The molecule has 0 aliphatic carbocycles. The number of hydrogen-bond donors (Lipinski definition) is 0. The van der Waals surface area contributed by atoms with E-state index in [2.05, 4.69) is 9.80 Å². The zero-order valence-corrected chi connectivity index (χ0v) is 10.8. The van der Waals surface area contributed by atoms with Gasteiger partial charge in [0.15, 0.2) is 0 Å². The van der Waals surface area contributed by atoms with Gasteiger partial charge in [-0.05, 0) is 51.4 Å². The van der Waals surface area contributed by atoms with E-state index in [0.29, 0.717) is 5.92 Å². The molecule has 17 heavy (non-hydrogen) atoms. The van der Waals surface area contributed by atoms with E-state index >= 15 is 0 Å². The Morgan fingerprint density at radius 1 is 0.941 bits per heavy atom. The molecule has 0 spiro atoms. The zero-order valence-electron chi connectivity index (χ0n) is 10.8. The standard InChI is InChI=1S/C13H25N2O2/c16-12-13-2-6-14(7-3-13)4-1-5-15-8-10-17-11-9-15/h13H,1-12H2. The van der Waals surface area contributed by atoms with Crippen LogP contribution in [0.25, 0.3) is 0 Å². The van der Waals surface area contributed by atoms with Crippen LogP contribution in [0.4, 0.5) is 0 Å². The van der Waals surface area contributed by atoms with Crippen LogP contribution in [0.15, 0.2) is 0 Å². The predicted molar refractivity (Wildman–Crippen MR) is 66.6 cm³/mol.